The lowest BCUT2D eigenvalue weighted by molar-refractivity contribution is -0.132. The molecule has 1 atom stereocenters. The van der Waals surface area contributed by atoms with Crippen LogP contribution in [0.1, 0.15) is 100 Å². The number of carbonyl (C=O) groups is 2. The molecule has 10 heteroatoms. The summed E-state index contributed by atoms with van der Waals surface area (Å²) >= 11 is 6.17. The minimum Gasteiger partial charge on any atom is -0.386 e. The van der Waals surface area contributed by atoms with Crippen molar-refractivity contribution in [3.05, 3.63) is 47.1 Å². The van der Waals surface area contributed by atoms with E-state index in [-0.39, 0.29) is 53.7 Å². The number of methoxy groups -OCH3 is 1. The van der Waals surface area contributed by atoms with Crippen molar-refractivity contribution < 1.29 is 14.3 Å². The third-order valence-electron chi connectivity index (χ3n) is 8.93. The summed E-state index contributed by atoms with van der Waals surface area (Å²) in [6.45, 7) is 17.7. The molecule has 4 N–H and O–H groups in total. The first-order valence-corrected chi connectivity index (χ1v) is 17.5. The first-order chi connectivity index (χ1) is 22.1. The van der Waals surface area contributed by atoms with Gasteiger partial charge in [0.1, 0.15) is 23.9 Å². The fourth-order valence-electron chi connectivity index (χ4n) is 6.37. The molecule has 1 aliphatic heterocycles. The summed E-state index contributed by atoms with van der Waals surface area (Å²) in [6.07, 6.45) is 16.8. The molecule has 1 heterocycles. The predicted molar refractivity (Wildman–Crippen MR) is 196 cm³/mol. The van der Waals surface area contributed by atoms with Gasteiger partial charge in [0.2, 0.25) is 5.91 Å². The zero-order valence-corrected chi connectivity index (χ0v) is 31.0. The van der Waals surface area contributed by atoms with Crippen molar-refractivity contribution in [3.63, 3.8) is 0 Å². The number of alkyl halides is 1. The number of ether oxygens (including phenoxy) is 1. The molecule has 0 radical (unpaired) electrons. The van der Waals surface area contributed by atoms with Crippen LogP contribution in [0.5, 0.6) is 0 Å². The van der Waals surface area contributed by atoms with E-state index >= 15 is 0 Å². The van der Waals surface area contributed by atoms with Gasteiger partial charge in [-0.2, -0.15) is 0 Å². The Bertz CT molecular complexity index is 1290. The number of nitrogens with two attached hydrogens (primary N) is 1. The van der Waals surface area contributed by atoms with Crippen molar-refractivity contribution in [3.8, 4) is 0 Å². The summed E-state index contributed by atoms with van der Waals surface area (Å²) in [7, 11) is 1.57. The quantitative estimate of drug-likeness (QED) is 0.116. The lowest BCUT2D eigenvalue weighted by atomic mass is 9.69. The van der Waals surface area contributed by atoms with E-state index in [1.54, 1.807) is 19.4 Å². The summed E-state index contributed by atoms with van der Waals surface area (Å²) < 4.78 is 5.12. The van der Waals surface area contributed by atoms with Crippen molar-refractivity contribution >= 4 is 41.2 Å². The van der Waals surface area contributed by atoms with Gasteiger partial charge < -0.3 is 20.7 Å². The minimum atomic E-state index is -0.691. The second-order valence-corrected chi connectivity index (χ2v) is 14.9. The first-order valence-electron chi connectivity index (χ1n) is 17.0. The number of carbonyl (C=O) groups excluding carboxylic acids is 2. The van der Waals surface area contributed by atoms with E-state index in [2.05, 4.69) is 51.9 Å². The molecule has 3 aliphatic rings. The summed E-state index contributed by atoms with van der Waals surface area (Å²) in [4.78, 5) is 39.2. The average Bonchev–Trinajstić information content (AvgIpc) is 3.14. The molecule has 9 nitrogen and oxygen atoms in total. The van der Waals surface area contributed by atoms with E-state index in [1.165, 1.54) is 0 Å². The van der Waals surface area contributed by atoms with E-state index in [0.717, 1.165) is 44.1 Å². The highest BCUT2D eigenvalue weighted by atomic mass is 35.5. The highest BCUT2D eigenvalue weighted by Crippen LogP contribution is 2.48. The van der Waals surface area contributed by atoms with Crippen molar-refractivity contribution in [2.45, 2.75) is 112 Å². The Morgan fingerprint density at radius 1 is 1.23 bits per heavy atom. The van der Waals surface area contributed by atoms with Gasteiger partial charge >= 0.3 is 0 Å². The van der Waals surface area contributed by atoms with Crippen LogP contribution < -0.4 is 11.1 Å². The van der Waals surface area contributed by atoms with Crippen LogP contribution in [0.2, 0.25) is 0 Å². The lowest BCUT2D eigenvalue weighted by Crippen LogP contribution is -2.55. The van der Waals surface area contributed by atoms with E-state index in [1.807, 2.05) is 43.1 Å². The number of hydrogen-bond donors (Lipinski definition) is 3. The fraction of sp³-hybridized carbons (Fsp3) is 0.649. The molecule has 47 heavy (non-hydrogen) atoms. The highest BCUT2D eigenvalue weighted by Gasteiger charge is 2.53. The van der Waals surface area contributed by atoms with Crippen molar-refractivity contribution in [1.29, 1.82) is 5.41 Å². The number of amides is 2. The molecule has 0 aromatic rings. The van der Waals surface area contributed by atoms with Gasteiger partial charge in [0.05, 0.1) is 12.6 Å². The molecule has 262 valence electrons. The third kappa shape index (κ3) is 11.3. The monoisotopic (exact) mass is 670 g/mol. The van der Waals surface area contributed by atoms with Crippen LogP contribution in [0, 0.1) is 22.2 Å². The Labute approximate surface area is 288 Å². The Morgan fingerprint density at radius 2 is 1.89 bits per heavy atom. The van der Waals surface area contributed by atoms with Crippen LogP contribution in [0.15, 0.2) is 57.1 Å². The number of hydrogen-bond acceptors (Lipinski definition) is 6. The van der Waals surface area contributed by atoms with Crippen LogP contribution in [-0.4, -0.2) is 72.4 Å². The molecule has 0 unspecified atom stereocenters. The molecule has 0 aromatic heterocycles. The molecule has 0 bridgehead atoms. The van der Waals surface area contributed by atoms with Crippen LogP contribution in [0.4, 0.5) is 0 Å². The van der Waals surface area contributed by atoms with E-state index in [0.29, 0.717) is 29.2 Å². The molecule has 1 saturated carbocycles. The SMILES string of the molecule is CC.COC/N=C\C(=C/CCl)C1=NC2(CCC(C(C)(C)C)CC2)N([C@H](CCC(C)(C)C)C2=CC=C(C(=O)NCC(=N)N)CC=C2)C1=O. The van der Waals surface area contributed by atoms with Gasteiger partial charge in [0.25, 0.3) is 5.91 Å². The minimum absolute atomic E-state index is 0.00300. The maximum Gasteiger partial charge on any atom is 0.275 e. The smallest absolute Gasteiger partial charge is 0.275 e. The summed E-state index contributed by atoms with van der Waals surface area (Å²) in [6, 6.07) is -0.260. The Hall–Kier alpha value is -3.04. The standard InChI is InChI=1S/C35H53ClN6O3.C2H6/c1-33(2,3)17-15-28(24-9-8-10-25(12-11-24)31(43)40-22-29(37)38)42-32(44)30(26(16-20-36)21-39-23-45-7)41-35(42)18-13-27(14-19-35)34(4,5)6;1-2/h8-9,11-12,16,21,27-28H,10,13-15,17-20,22-23H2,1-7H3,(H3,37,38)(H,40,43);1-2H3/b26-16+,39-21-;/t27?,28-,35?;/m1./s1. The second-order valence-electron chi connectivity index (χ2n) is 14.6. The van der Waals surface area contributed by atoms with Crippen LogP contribution in [-0.2, 0) is 14.3 Å². The molecule has 1 fully saturated rings. The number of aliphatic imine (C=N–C) groups is 2. The maximum absolute atomic E-state index is 14.7. The fourth-order valence-corrected chi connectivity index (χ4v) is 6.54. The van der Waals surface area contributed by atoms with Crippen molar-refractivity contribution in [2.24, 2.45) is 32.5 Å². The average molecular weight is 671 g/mol. The molecule has 0 aromatic carbocycles. The topological polar surface area (TPSA) is 133 Å². The zero-order valence-electron chi connectivity index (χ0n) is 30.2. The van der Waals surface area contributed by atoms with Gasteiger partial charge in [-0.3, -0.25) is 25.0 Å². The first kappa shape index (κ1) is 40.1. The molecule has 2 amide bonds. The Morgan fingerprint density at radius 3 is 2.45 bits per heavy atom. The highest BCUT2D eigenvalue weighted by molar-refractivity contribution is 6.51. The third-order valence-corrected chi connectivity index (χ3v) is 9.08. The molecular formula is C37H59ClN6O3. The van der Waals surface area contributed by atoms with Gasteiger partial charge in [0.15, 0.2) is 0 Å². The molecule has 1 spiro atoms. The number of allylic oxidation sites excluding steroid dienone is 4. The number of amidine groups is 1. The molecular weight excluding hydrogens is 612 g/mol. The van der Waals surface area contributed by atoms with Gasteiger partial charge in [-0.1, -0.05) is 85.8 Å². The number of rotatable bonds is 12. The Balaban J connectivity index is 0.00000376. The molecule has 3 rings (SSSR count). The predicted octanol–water partition coefficient (Wildman–Crippen LogP) is 7.13. The maximum atomic E-state index is 14.7. The van der Waals surface area contributed by atoms with Crippen LogP contribution in [0.25, 0.3) is 0 Å². The summed E-state index contributed by atoms with van der Waals surface area (Å²) in [5, 5.41) is 10.2. The summed E-state index contributed by atoms with van der Waals surface area (Å²) in [5.41, 5.74) is 7.50. The normalized spacial score (nSPS) is 22.7. The number of halogens is 1. The van der Waals surface area contributed by atoms with Crippen molar-refractivity contribution in [2.75, 3.05) is 26.3 Å². The number of nitrogens with one attached hydrogen (secondary N) is 2. The molecule has 0 saturated heterocycles. The largest absolute Gasteiger partial charge is 0.386 e. The van der Waals surface area contributed by atoms with Gasteiger partial charge in [-0.25, -0.2) is 0 Å². The number of nitrogens with zero attached hydrogens (tertiary/aromatic N) is 3. The van der Waals surface area contributed by atoms with Crippen LogP contribution >= 0.6 is 11.6 Å². The zero-order chi connectivity index (χ0) is 35.4. The van der Waals surface area contributed by atoms with Gasteiger partial charge in [-0.15, -0.1) is 11.6 Å². The van der Waals surface area contributed by atoms with Crippen LogP contribution in [0.3, 0.4) is 0 Å². The van der Waals surface area contributed by atoms with Gasteiger partial charge in [0, 0.05) is 30.4 Å². The lowest BCUT2D eigenvalue weighted by Gasteiger charge is -2.48. The van der Waals surface area contributed by atoms with E-state index in [9.17, 15) is 9.59 Å². The van der Waals surface area contributed by atoms with E-state index in [4.69, 9.17) is 32.5 Å². The van der Waals surface area contributed by atoms with Crippen molar-refractivity contribution in [1.82, 2.24) is 10.2 Å². The second kappa shape index (κ2) is 17.9. The Kier molecular flexibility index (Phi) is 15.3. The molecule has 2 aliphatic carbocycles. The van der Waals surface area contributed by atoms with E-state index < -0.39 is 5.66 Å². The van der Waals surface area contributed by atoms with Gasteiger partial charge in [-0.05, 0) is 67.3 Å². The summed E-state index contributed by atoms with van der Waals surface area (Å²) in [5.74, 6) is 0.274.